The fraction of sp³-hybridized carbons (Fsp3) is 0.158. The number of hydrogen-bond donors (Lipinski definition) is 2. The van der Waals surface area contributed by atoms with Crippen molar-refractivity contribution in [3.63, 3.8) is 0 Å². The second-order valence-corrected chi connectivity index (χ2v) is 7.15. The van der Waals surface area contributed by atoms with Crippen LogP contribution >= 0.6 is 11.8 Å². The first-order valence-electron chi connectivity index (χ1n) is 8.34. The van der Waals surface area contributed by atoms with Crippen molar-refractivity contribution in [2.75, 3.05) is 7.11 Å². The van der Waals surface area contributed by atoms with Gasteiger partial charge in [0.05, 0.1) is 29.0 Å². The van der Waals surface area contributed by atoms with Crippen molar-refractivity contribution in [1.82, 2.24) is 14.9 Å². The number of nitrogens with one attached hydrogen (secondary N) is 1. The number of nitrogens with zero attached hydrogens (tertiary/aromatic N) is 2. The van der Waals surface area contributed by atoms with E-state index in [9.17, 15) is 14.4 Å². The number of fused-ring (bicyclic) bond motifs is 1. The molecule has 0 saturated carbocycles. The van der Waals surface area contributed by atoms with Crippen LogP contribution in [0.5, 0.6) is 5.75 Å². The highest BCUT2D eigenvalue weighted by Gasteiger charge is 2.22. The van der Waals surface area contributed by atoms with E-state index in [0.717, 1.165) is 11.8 Å². The molecule has 1 heterocycles. The number of imide groups is 1. The first-order valence-corrected chi connectivity index (χ1v) is 9.22. The second kappa shape index (κ2) is 8.13. The third-order valence-corrected chi connectivity index (χ3v) is 5.02. The molecule has 8 nitrogen and oxygen atoms in total. The van der Waals surface area contributed by atoms with Gasteiger partial charge >= 0.3 is 6.03 Å². The number of carbonyl (C=O) groups is 2. The standard InChI is InChI=1S/C19H18N4O4S/c1-11(16(24)22-18(20)26)28-19-21-13-8-4-3-7-12(13)17(25)23(19)14-9-5-6-10-15(14)27-2/h3-11H,1-2H3,(H3,20,22,24,26). The zero-order chi connectivity index (χ0) is 20.3. The SMILES string of the molecule is COc1ccccc1-n1c(SC(C)C(=O)NC(N)=O)nc2ccccc2c1=O. The first-order chi connectivity index (χ1) is 13.4. The molecule has 0 radical (unpaired) electrons. The summed E-state index contributed by atoms with van der Waals surface area (Å²) in [4.78, 5) is 40.9. The van der Waals surface area contributed by atoms with Crippen molar-refractivity contribution >= 4 is 34.6 Å². The molecule has 0 spiro atoms. The number of amides is 3. The topological polar surface area (TPSA) is 116 Å². The maximum absolute atomic E-state index is 13.2. The Bertz CT molecular complexity index is 1110. The number of thioether (sulfide) groups is 1. The number of primary amides is 1. The van der Waals surface area contributed by atoms with Crippen molar-refractivity contribution < 1.29 is 14.3 Å². The predicted molar refractivity (Wildman–Crippen MR) is 107 cm³/mol. The highest BCUT2D eigenvalue weighted by atomic mass is 32.2. The molecule has 9 heteroatoms. The number of para-hydroxylation sites is 3. The van der Waals surface area contributed by atoms with Gasteiger partial charge in [-0.15, -0.1) is 0 Å². The molecule has 0 aliphatic heterocycles. The maximum atomic E-state index is 13.2. The first kappa shape index (κ1) is 19.4. The van der Waals surface area contributed by atoms with Crippen LogP contribution in [0.15, 0.2) is 58.5 Å². The van der Waals surface area contributed by atoms with E-state index >= 15 is 0 Å². The molecule has 3 aromatic rings. The van der Waals surface area contributed by atoms with Crippen molar-refractivity contribution in [2.24, 2.45) is 5.73 Å². The molecule has 3 rings (SSSR count). The number of methoxy groups -OCH3 is 1. The Kier molecular flexibility index (Phi) is 5.65. The summed E-state index contributed by atoms with van der Waals surface area (Å²) >= 11 is 1.04. The predicted octanol–water partition coefficient (Wildman–Crippen LogP) is 2.07. The van der Waals surface area contributed by atoms with Gasteiger partial charge in [0.25, 0.3) is 5.56 Å². The van der Waals surface area contributed by atoms with Crippen LogP contribution < -0.4 is 21.3 Å². The summed E-state index contributed by atoms with van der Waals surface area (Å²) in [5.41, 5.74) is 5.72. The van der Waals surface area contributed by atoms with Gasteiger partial charge in [-0.05, 0) is 31.2 Å². The number of urea groups is 1. The molecule has 0 saturated heterocycles. The number of aromatic nitrogens is 2. The highest BCUT2D eigenvalue weighted by molar-refractivity contribution is 8.00. The van der Waals surface area contributed by atoms with E-state index in [4.69, 9.17) is 10.5 Å². The van der Waals surface area contributed by atoms with E-state index < -0.39 is 17.2 Å². The molecule has 3 N–H and O–H groups in total. The summed E-state index contributed by atoms with van der Waals surface area (Å²) in [6, 6.07) is 13.0. The fourth-order valence-corrected chi connectivity index (χ4v) is 3.57. The molecule has 1 unspecified atom stereocenters. The number of ether oxygens (including phenoxy) is 1. The lowest BCUT2D eigenvalue weighted by atomic mass is 10.2. The van der Waals surface area contributed by atoms with Gasteiger partial charge in [-0.25, -0.2) is 9.78 Å². The molecular formula is C19H18N4O4S. The zero-order valence-electron chi connectivity index (χ0n) is 15.2. The van der Waals surface area contributed by atoms with Crippen LogP contribution in [-0.2, 0) is 4.79 Å². The van der Waals surface area contributed by atoms with Crippen LogP contribution in [0.2, 0.25) is 0 Å². The van der Waals surface area contributed by atoms with Crippen LogP contribution in [0.3, 0.4) is 0 Å². The average molecular weight is 398 g/mol. The van der Waals surface area contributed by atoms with Crippen LogP contribution in [0.4, 0.5) is 4.79 Å². The van der Waals surface area contributed by atoms with E-state index in [0.29, 0.717) is 27.5 Å². The normalized spacial score (nSPS) is 11.8. The average Bonchev–Trinajstić information content (AvgIpc) is 2.68. The van der Waals surface area contributed by atoms with Crippen LogP contribution in [-0.4, -0.2) is 33.8 Å². The number of carbonyl (C=O) groups excluding carboxylic acids is 2. The molecule has 0 fully saturated rings. The summed E-state index contributed by atoms with van der Waals surface area (Å²) < 4.78 is 6.79. The monoisotopic (exact) mass is 398 g/mol. The minimum absolute atomic E-state index is 0.292. The van der Waals surface area contributed by atoms with Gasteiger partial charge in [-0.1, -0.05) is 36.0 Å². The Morgan fingerprint density at radius 3 is 2.57 bits per heavy atom. The molecule has 2 aromatic carbocycles. The van der Waals surface area contributed by atoms with Gasteiger partial charge in [-0.2, -0.15) is 0 Å². The zero-order valence-corrected chi connectivity index (χ0v) is 16.0. The van der Waals surface area contributed by atoms with Crippen molar-refractivity contribution in [3.05, 3.63) is 58.9 Å². The minimum atomic E-state index is -0.939. The molecule has 1 aromatic heterocycles. The largest absolute Gasteiger partial charge is 0.495 e. The molecule has 28 heavy (non-hydrogen) atoms. The molecule has 0 aliphatic rings. The maximum Gasteiger partial charge on any atom is 0.318 e. The smallest absolute Gasteiger partial charge is 0.318 e. The third kappa shape index (κ3) is 3.84. The molecule has 0 aliphatic carbocycles. The van der Waals surface area contributed by atoms with Gasteiger partial charge in [0.1, 0.15) is 5.75 Å². The van der Waals surface area contributed by atoms with Crippen LogP contribution in [0, 0.1) is 0 Å². The van der Waals surface area contributed by atoms with Crippen molar-refractivity contribution in [3.8, 4) is 11.4 Å². The lowest BCUT2D eigenvalue weighted by Crippen LogP contribution is -2.39. The number of rotatable bonds is 5. The Morgan fingerprint density at radius 1 is 1.18 bits per heavy atom. The summed E-state index contributed by atoms with van der Waals surface area (Å²) in [6.45, 7) is 1.59. The number of benzene rings is 2. The highest BCUT2D eigenvalue weighted by Crippen LogP contribution is 2.29. The van der Waals surface area contributed by atoms with E-state index in [1.807, 2.05) is 5.32 Å². The lowest BCUT2D eigenvalue weighted by Gasteiger charge is -2.17. The van der Waals surface area contributed by atoms with E-state index in [1.165, 1.54) is 11.7 Å². The Morgan fingerprint density at radius 2 is 1.86 bits per heavy atom. The Hall–Kier alpha value is -3.33. The van der Waals surface area contributed by atoms with Gasteiger partial charge in [0.2, 0.25) is 5.91 Å². The minimum Gasteiger partial charge on any atom is -0.495 e. The van der Waals surface area contributed by atoms with Crippen LogP contribution in [0.25, 0.3) is 16.6 Å². The molecular weight excluding hydrogens is 380 g/mol. The van der Waals surface area contributed by atoms with Gasteiger partial charge in [0.15, 0.2) is 5.16 Å². The van der Waals surface area contributed by atoms with Gasteiger partial charge in [0, 0.05) is 0 Å². The fourth-order valence-electron chi connectivity index (χ4n) is 2.65. The van der Waals surface area contributed by atoms with E-state index in [-0.39, 0.29) is 5.56 Å². The van der Waals surface area contributed by atoms with Crippen LogP contribution in [0.1, 0.15) is 6.92 Å². The van der Waals surface area contributed by atoms with Gasteiger partial charge < -0.3 is 10.5 Å². The quantitative estimate of drug-likeness (QED) is 0.502. The summed E-state index contributed by atoms with van der Waals surface area (Å²) in [6.07, 6.45) is 0. The van der Waals surface area contributed by atoms with Crippen molar-refractivity contribution in [1.29, 1.82) is 0 Å². The number of nitrogens with two attached hydrogens (primary N) is 1. The Labute approximate surface area is 164 Å². The molecule has 0 bridgehead atoms. The van der Waals surface area contributed by atoms with Gasteiger partial charge in [-0.3, -0.25) is 19.5 Å². The molecule has 1 atom stereocenters. The Balaban J connectivity index is 2.19. The second-order valence-electron chi connectivity index (χ2n) is 5.84. The molecule has 3 amide bonds. The van der Waals surface area contributed by atoms with Crippen molar-refractivity contribution in [2.45, 2.75) is 17.3 Å². The molecule has 144 valence electrons. The summed E-state index contributed by atoms with van der Waals surface area (Å²) in [5, 5.41) is 2.04. The summed E-state index contributed by atoms with van der Waals surface area (Å²) in [5.74, 6) is -0.0933. The van der Waals surface area contributed by atoms with E-state index in [2.05, 4.69) is 4.98 Å². The number of hydrogen-bond acceptors (Lipinski definition) is 6. The summed E-state index contributed by atoms with van der Waals surface area (Å²) in [7, 11) is 1.51. The lowest BCUT2D eigenvalue weighted by molar-refractivity contribution is -0.119. The van der Waals surface area contributed by atoms with E-state index in [1.54, 1.807) is 55.5 Å². The third-order valence-electron chi connectivity index (χ3n) is 3.97.